The van der Waals surface area contributed by atoms with E-state index in [0.29, 0.717) is 17.0 Å². The summed E-state index contributed by atoms with van der Waals surface area (Å²) in [6.45, 7) is 0.00421. The first kappa shape index (κ1) is 20.4. The molecule has 2 N–H and O–H groups in total. The van der Waals surface area contributed by atoms with Crippen molar-refractivity contribution in [3.63, 3.8) is 0 Å². The number of aromatic amines is 1. The van der Waals surface area contributed by atoms with E-state index in [0.717, 1.165) is 15.6 Å². The van der Waals surface area contributed by atoms with E-state index < -0.39 is 10.0 Å². The fourth-order valence-electron chi connectivity index (χ4n) is 3.02. The van der Waals surface area contributed by atoms with Crippen molar-refractivity contribution in [2.24, 2.45) is 0 Å². The van der Waals surface area contributed by atoms with Crippen LogP contribution in [-0.4, -0.2) is 23.6 Å². The zero-order chi connectivity index (χ0) is 21.1. The Morgan fingerprint density at radius 2 is 1.60 bits per heavy atom. The molecule has 9 heteroatoms. The van der Waals surface area contributed by atoms with Crippen LogP contribution in [0.4, 0.5) is 4.39 Å². The van der Waals surface area contributed by atoms with E-state index in [1.807, 2.05) is 12.1 Å². The zero-order valence-corrected chi connectivity index (χ0v) is 17.9. The van der Waals surface area contributed by atoms with Crippen LogP contribution < -0.4 is 4.72 Å². The fraction of sp³-hybridized carbons (Fsp3) is 0.0476. The van der Waals surface area contributed by atoms with Crippen LogP contribution in [0.15, 0.2) is 82.4 Å². The molecule has 2 heterocycles. The molecule has 0 saturated heterocycles. The quantitative estimate of drug-likeness (QED) is 0.419. The molecule has 2 aromatic carbocycles. The van der Waals surface area contributed by atoms with Crippen molar-refractivity contribution in [1.29, 1.82) is 0 Å². The molecular formula is C21H16BrFN4O2S. The number of benzene rings is 2. The minimum absolute atomic E-state index is 0.00421. The summed E-state index contributed by atoms with van der Waals surface area (Å²) in [5.74, 6) is -0.345. The smallest absolute Gasteiger partial charge is 0.240 e. The molecule has 4 aromatic rings. The van der Waals surface area contributed by atoms with Gasteiger partial charge in [-0.2, -0.15) is 5.10 Å². The molecule has 0 radical (unpaired) electrons. The van der Waals surface area contributed by atoms with E-state index in [2.05, 4.69) is 35.8 Å². The second-order valence-corrected chi connectivity index (χ2v) is 9.13. The summed E-state index contributed by atoms with van der Waals surface area (Å²) in [7, 11) is -3.72. The number of aromatic nitrogens is 3. The standard InChI is InChI=1S/C21H16BrFN4O2S/c22-16-3-7-18(8-4-16)30(28,29)25-13-19-20(14-9-11-24-12-10-14)21(27-26-19)15-1-5-17(23)6-2-15/h1-12,25H,13H2,(H,26,27). The van der Waals surface area contributed by atoms with E-state index in [1.54, 1.807) is 36.7 Å². The molecule has 0 atom stereocenters. The maximum absolute atomic E-state index is 13.4. The molecule has 152 valence electrons. The lowest BCUT2D eigenvalue weighted by molar-refractivity contribution is 0.580. The van der Waals surface area contributed by atoms with Crippen LogP contribution in [0.1, 0.15) is 5.69 Å². The highest BCUT2D eigenvalue weighted by Crippen LogP contribution is 2.33. The van der Waals surface area contributed by atoms with E-state index in [-0.39, 0.29) is 17.3 Å². The van der Waals surface area contributed by atoms with E-state index in [1.165, 1.54) is 24.3 Å². The van der Waals surface area contributed by atoms with Gasteiger partial charge in [0.1, 0.15) is 11.5 Å². The Kier molecular flexibility index (Phi) is 5.76. The van der Waals surface area contributed by atoms with Crippen molar-refractivity contribution in [2.75, 3.05) is 0 Å². The van der Waals surface area contributed by atoms with Gasteiger partial charge in [0.25, 0.3) is 0 Å². The molecule has 6 nitrogen and oxygen atoms in total. The van der Waals surface area contributed by atoms with E-state index in [9.17, 15) is 12.8 Å². The molecule has 0 unspecified atom stereocenters. The lowest BCUT2D eigenvalue weighted by Crippen LogP contribution is -2.23. The molecule has 0 aliphatic heterocycles. The number of H-pyrrole nitrogens is 1. The Bertz CT molecular complexity index is 1260. The Balaban J connectivity index is 1.70. The summed E-state index contributed by atoms with van der Waals surface area (Å²) in [4.78, 5) is 4.20. The van der Waals surface area contributed by atoms with Gasteiger partial charge in [-0.15, -0.1) is 0 Å². The van der Waals surface area contributed by atoms with Crippen LogP contribution in [0.25, 0.3) is 22.4 Å². The molecule has 0 saturated carbocycles. The predicted molar refractivity (Wildman–Crippen MR) is 115 cm³/mol. The predicted octanol–water partition coefficient (Wildman–Crippen LogP) is 4.52. The Hall–Kier alpha value is -2.88. The first-order chi connectivity index (χ1) is 14.4. The zero-order valence-electron chi connectivity index (χ0n) is 15.5. The summed E-state index contributed by atoms with van der Waals surface area (Å²) in [5.41, 5.74) is 3.43. The van der Waals surface area contributed by atoms with E-state index >= 15 is 0 Å². The molecule has 0 aliphatic rings. The minimum atomic E-state index is -3.72. The molecule has 2 aromatic heterocycles. The topological polar surface area (TPSA) is 87.7 Å². The van der Waals surface area contributed by atoms with Crippen molar-refractivity contribution in [1.82, 2.24) is 19.9 Å². The summed E-state index contributed by atoms with van der Waals surface area (Å²) < 4.78 is 42.1. The summed E-state index contributed by atoms with van der Waals surface area (Å²) in [5, 5.41) is 7.29. The number of pyridine rings is 1. The van der Waals surface area contributed by atoms with Gasteiger partial charge in [0.15, 0.2) is 0 Å². The van der Waals surface area contributed by atoms with Crippen LogP contribution in [0, 0.1) is 5.82 Å². The van der Waals surface area contributed by atoms with Gasteiger partial charge in [-0.25, -0.2) is 17.5 Å². The second-order valence-electron chi connectivity index (χ2n) is 6.45. The normalized spacial score (nSPS) is 11.5. The van der Waals surface area contributed by atoms with Crippen LogP contribution >= 0.6 is 15.9 Å². The third-order valence-electron chi connectivity index (χ3n) is 4.49. The molecule has 0 fully saturated rings. The van der Waals surface area contributed by atoms with Crippen LogP contribution in [0.3, 0.4) is 0 Å². The van der Waals surface area contributed by atoms with Crippen LogP contribution in [0.5, 0.6) is 0 Å². The third-order valence-corrected chi connectivity index (χ3v) is 6.44. The van der Waals surface area contributed by atoms with E-state index in [4.69, 9.17) is 0 Å². The highest BCUT2D eigenvalue weighted by Gasteiger charge is 2.20. The molecule has 0 aliphatic carbocycles. The first-order valence-electron chi connectivity index (χ1n) is 8.93. The maximum atomic E-state index is 13.4. The molecule has 30 heavy (non-hydrogen) atoms. The SMILES string of the molecule is O=S(=O)(NCc1[nH]nc(-c2ccc(F)cc2)c1-c1ccncc1)c1ccc(Br)cc1. The second kappa shape index (κ2) is 8.47. The van der Waals surface area contributed by atoms with Gasteiger partial charge in [0, 0.05) is 28.0 Å². The lowest BCUT2D eigenvalue weighted by Gasteiger charge is -2.09. The average Bonchev–Trinajstić information content (AvgIpc) is 3.18. The van der Waals surface area contributed by atoms with Gasteiger partial charge in [-0.1, -0.05) is 15.9 Å². The summed E-state index contributed by atoms with van der Waals surface area (Å²) in [6.07, 6.45) is 3.29. The number of halogens is 2. The van der Waals surface area contributed by atoms with Gasteiger partial charge < -0.3 is 0 Å². The number of hydrogen-bond acceptors (Lipinski definition) is 4. The largest absolute Gasteiger partial charge is 0.280 e. The highest BCUT2D eigenvalue weighted by molar-refractivity contribution is 9.10. The van der Waals surface area contributed by atoms with Gasteiger partial charge in [0.2, 0.25) is 10.0 Å². The van der Waals surface area contributed by atoms with Gasteiger partial charge in [-0.05, 0) is 66.2 Å². The van der Waals surface area contributed by atoms with Crippen molar-refractivity contribution in [3.05, 3.63) is 89.0 Å². The number of nitrogens with one attached hydrogen (secondary N) is 2. The van der Waals surface area contributed by atoms with Crippen molar-refractivity contribution in [3.8, 4) is 22.4 Å². The fourth-order valence-corrected chi connectivity index (χ4v) is 4.28. The molecule has 0 amide bonds. The maximum Gasteiger partial charge on any atom is 0.240 e. The van der Waals surface area contributed by atoms with Crippen LogP contribution in [0.2, 0.25) is 0 Å². The molecular weight excluding hydrogens is 471 g/mol. The molecule has 0 spiro atoms. The van der Waals surface area contributed by atoms with Gasteiger partial charge in [-0.3, -0.25) is 10.1 Å². The molecule has 4 rings (SSSR count). The summed E-state index contributed by atoms with van der Waals surface area (Å²) in [6, 6.07) is 16.0. The van der Waals surface area contributed by atoms with Crippen molar-refractivity contribution in [2.45, 2.75) is 11.4 Å². The Morgan fingerprint density at radius 3 is 2.27 bits per heavy atom. The Labute approximate surface area is 181 Å². The monoisotopic (exact) mass is 486 g/mol. The summed E-state index contributed by atoms with van der Waals surface area (Å²) >= 11 is 3.30. The number of sulfonamides is 1. The number of nitrogens with zero attached hydrogens (tertiary/aromatic N) is 2. The molecule has 0 bridgehead atoms. The lowest BCUT2D eigenvalue weighted by atomic mass is 10.00. The van der Waals surface area contributed by atoms with Gasteiger partial charge >= 0.3 is 0 Å². The van der Waals surface area contributed by atoms with Crippen molar-refractivity contribution >= 4 is 26.0 Å². The van der Waals surface area contributed by atoms with Crippen LogP contribution in [-0.2, 0) is 16.6 Å². The number of hydrogen-bond donors (Lipinski definition) is 2. The highest BCUT2D eigenvalue weighted by atomic mass is 79.9. The van der Waals surface area contributed by atoms with Gasteiger partial charge in [0.05, 0.1) is 17.1 Å². The third kappa shape index (κ3) is 4.33. The Morgan fingerprint density at radius 1 is 0.933 bits per heavy atom. The first-order valence-corrected chi connectivity index (χ1v) is 11.2. The average molecular weight is 487 g/mol. The number of rotatable bonds is 6. The minimum Gasteiger partial charge on any atom is -0.280 e. The van der Waals surface area contributed by atoms with Crippen molar-refractivity contribution < 1.29 is 12.8 Å².